The smallest absolute Gasteiger partial charge is 0.191 e. The van der Waals surface area contributed by atoms with Gasteiger partial charge in [-0.05, 0) is 56.6 Å². The molecular weight excluding hydrogens is 364 g/mol. The molecule has 6 heteroatoms. The third-order valence-electron chi connectivity index (χ3n) is 5.24. The SMILES string of the molecule is CCNC(=NCc1ccc(O)cc1)NCC(c1ccccc1OC)N1CCCC1. The largest absolute Gasteiger partial charge is 0.508 e. The van der Waals surface area contributed by atoms with Gasteiger partial charge in [0.25, 0.3) is 0 Å². The Bertz CT molecular complexity index is 786. The molecule has 1 heterocycles. The van der Waals surface area contributed by atoms with Crippen LogP contribution in [0.4, 0.5) is 0 Å². The number of guanidine groups is 1. The molecule has 156 valence electrons. The Morgan fingerprint density at radius 3 is 2.52 bits per heavy atom. The van der Waals surface area contributed by atoms with Crippen molar-refractivity contribution in [3.05, 3.63) is 59.7 Å². The van der Waals surface area contributed by atoms with E-state index >= 15 is 0 Å². The molecule has 1 atom stereocenters. The fourth-order valence-electron chi connectivity index (χ4n) is 3.74. The molecule has 0 saturated carbocycles. The second-order valence-corrected chi connectivity index (χ2v) is 7.24. The van der Waals surface area contributed by atoms with E-state index in [9.17, 15) is 5.11 Å². The van der Waals surface area contributed by atoms with E-state index in [-0.39, 0.29) is 11.8 Å². The number of hydrogen-bond donors (Lipinski definition) is 3. The third-order valence-corrected chi connectivity index (χ3v) is 5.24. The molecule has 0 bridgehead atoms. The Labute approximate surface area is 173 Å². The molecule has 0 amide bonds. The van der Waals surface area contributed by atoms with Gasteiger partial charge in [0, 0.05) is 18.7 Å². The topological polar surface area (TPSA) is 69.1 Å². The monoisotopic (exact) mass is 396 g/mol. The van der Waals surface area contributed by atoms with Crippen LogP contribution in [-0.2, 0) is 6.54 Å². The molecule has 0 aromatic heterocycles. The van der Waals surface area contributed by atoms with Crippen molar-refractivity contribution >= 4 is 5.96 Å². The van der Waals surface area contributed by atoms with Crippen molar-refractivity contribution in [3.8, 4) is 11.5 Å². The van der Waals surface area contributed by atoms with E-state index in [4.69, 9.17) is 9.73 Å². The van der Waals surface area contributed by atoms with Crippen molar-refractivity contribution in [2.45, 2.75) is 32.4 Å². The third kappa shape index (κ3) is 5.87. The molecule has 1 unspecified atom stereocenters. The Hall–Kier alpha value is -2.73. The summed E-state index contributed by atoms with van der Waals surface area (Å²) >= 11 is 0. The average Bonchev–Trinajstić information content (AvgIpc) is 3.28. The number of nitrogens with zero attached hydrogens (tertiary/aromatic N) is 2. The van der Waals surface area contributed by atoms with E-state index in [2.05, 4.69) is 34.6 Å². The number of para-hydroxylation sites is 1. The lowest BCUT2D eigenvalue weighted by atomic mass is 10.0. The Morgan fingerprint density at radius 1 is 1.10 bits per heavy atom. The van der Waals surface area contributed by atoms with Crippen molar-refractivity contribution in [2.75, 3.05) is 33.3 Å². The van der Waals surface area contributed by atoms with E-state index in [1.165, 1.54) is 18.4 Å². The zero-order valence-corrected chi connectivity index (χ0v) is 17.4. The van der Waals surface area contributed by atoms with Gasteiger partial charge in [-0.2, -0.15) is 0 Å². The minimum atomic E-state index is 0.228. The van der Waals surface area contributed by atoms with Crippen molar-refractivity contribution in [1.29, 1.82) is 0 Å². The number of ether oxygens (including phenoxy) is 1. The van der Waals surface area contributed by atoms with Crippen molar-refractivity contribution in [2.24, 2.45) is 4.99 Å². The number of aliphatic imine (C=N–C) groups is 1. The van der Waals surface area contributed by atoms with Gasteiger partial charge in [0.2, 0.25) is 0 Å². The highest BCUT2D eigenvalue weighted by atomic mass is 16.5. The molecular formula is C23H32N4O2. The van der Waals surface area contributed by atoms with Crippen LogP contribution in [0.2, 0.25) is 0 Å². The molecule has 0 radical (unpaired) electrons. The summed E-state index contributed by atoms with van der Waals surface area (Å²) in [5, 5.41) is 16.3. The highest BCUT2D eigenvalue weighted by Crippen LogP contribution is 2.31. The van der Waals surface area contributed by atoms with Gasteiger partial charge < -0.3 is 20.5 Å². The van der Waals surface area contributed by atoms with Gasteiger partial charge in [0.15, 0.2) is 5.96 Å². The number of methoxy groups -OCH3 is 1. The van der Waals surface area contributed by atoms with E-state index in [0.29, 0.717) is 6.54 Å². The van der Waals surface area contributed by atoms with Crippen LogP contribution >= 0.6 is 0 Å². The van der Waals surface area contributed by atoms with E-state index in [1.54, 1.807) is 19.2 Å². The molecule has 29 heavy (non-hydrogen) atoms. The van der Waals surface area contributed by atoms with E-state index in [0.717, 1.165) is 43.5 Å². The first-order chi connectivity index (χ1) is 14.2. The molecule has 1 aliphatic heterocycles. The Balaban J connectivity index is 1.73. The molecule has 1 fully saturated rings. The second kappa shape index (κ2) is 10.7. The van der Waals surface area contributed by atoms with Crippen LogP contribution in [0.3, 0.4) is 0 Å². The minimum Gasteiger partial charge on any atom is -0.508 e. The molecule has 2 aromatic carbocycles. The predicted molar refractivity (Wildman–Crippen MR) is 117 cm³/mol. The first kappa shape index (κ1) is 21.0. The van der Waals surface area contributed by atoms with Gasteiger partial charge in [-0.15, -0.1) is 0 Å². The predicted octanol–water partition coefficient (Wildman–Crippen LogP) is 3.29. The van der Waals surface area contributed by atoms with Crippen LogP contribution in [-0.4, -0.2) is 49.3 Å². The summed E-state index contributed by atoms with van der Waals surface area (Å²) in [6.07, 6.45) is 2.47. The fourth-order valence-corrected chi connectivity index (χ4v) is 3.74. The summed E-state index contributed by atoms with van der Waals surface area (Å²) in [5.74, 6) is 1.99. The van der Waals surface area contributed by atoms with Crippen LogP contribution in [0, 0.1) is 0 Å². The van der Waals surface area contributed by atoms with Crippen LogP contribution < -0.4 is 15.4 Å². The van der Waals surface area contributed by atoms with E-state index < -0.39 is 0 Å². The number of phenolic OH excluding ortho intramolecular Hbond substituents is 1. The number of likely N-dealkylation sites (tertiary alicyclic amines) is 1. The number of nitrogens with one attached hydrogen (secondary N) is 2. The van der Waals surface area contributed by atoms with Crippen molar-refractivity contribution < 1.29 is 9.84 Å². The lowest BCUT2D eigenvalue weighted by Crippen LogP contribution is -2.42. The summed E-state index contributed by atoms with van der Waals surface area (Å²) in [5.41, 5.74) is 2.26. The summed E-state index contributed by atoms with van der Waals surface area (Å²) in [6, 6.07) is 15.7. The van der Waals surface area contributed by atoms with Crippen molar-refractivity contribution in [1.82, 2.24) is 15.5 Å². The van der Waals surface area contributed by atoms with Crippen LogP contribution in [0.25, 0.3) is 0 Å². The lowest BCUT2D eigenvalue weighted by molar-refractivity contribution is 0.239. The average molecular weight is 397 g/mol. The normalized spacial score (nSPS) is 15.9. The second-order valence-electron chi connectivity index (χ2n) is 7.24. The maximum atomic E-state index is 9.44. The standard InChI is InChI=1S/C23H32N4O2/c1-3-24-23(25-16-18-10-12-19(28)13-11-18)26-17-21(27-14-6-7-15-27)20-8-4-5-9-22(20)29-2/h4-5,8-13,21,28H,3,6-7,14-17H2,1-2H3,(H2,24,25,26). The molecule has 6 nitrogen and oxygen atoms in total. The maximum absolute atomic E-state index is 9.44. The van der Waals surface area contributed by atoms with Gasteiger partial charge in [0.05, 0.1) is 19.7 Å². The highest BCUT2D eigenvalue weighted by molar-refractivity contribution is 5.79. The Morgan fingerprint density at radius 2 is 1.83 bits per heavy atom. The minimum absolute atomic E-state index is 0.228. The molecule has 1 aliphatic rings. The summed E-state index contributed by atoms with van der Waals surface area (Å²) in [6.45, 7) is 6.37. The molecule has 3 N–H and O–H groups in total. The summed E-state index contributed by atoms with van der Waals surface area (Å²) < 4.78 is 5.63. The molecule has 2 aromatic rings. The van der Waals surface area contributed by atoms with Gasteiger partial charge in [0.1, 0.15) is 11.5 Å². The number of aromatic hydroxyl groups is 1. The molecule has 1 saturated heterocycles. The number of rotatable bonds is 8. The van der Waals surface area contributed by atoms with Crippen molar-refractivity contribution in [3.63, 3.8) is 0 Å². The van der Waals surface area contributed by atoms with Crippen LogP contribution in [0.5, 0.6) is 11.5 Å². The lowest BCUT2D eigenvalue weighted by Gasteiger charge is -2.30. The van der Waals surface area contributed by atoms with Gasteiger partial charge >= 0.3 is 0 Å². The quantitative estimate of drug-likeness (QED) is 0.472. The summed E-state index contributed by atoms with van der Waals surface area (Å²) in [7, 11) is 1.73. The number of phenols is 1. The number of hydrogen-bond acceptors (Lipinski definition) is 4. The van der Waals surface area contributed by atoms with Gasteiger partial charge in [-0.1, -0.05) is 30.3 Å². The molecule has 0 spiro atoms. The molecule has 3 rings (SSSR count). The van der Waals surface area contributed by atoms with Gasteiger partial charge in [-0.3, -0.25) is 4.90 Å². The molecule has 0 aliphatic carbocycles. The van der Waals surface area contributed by atoms with E-state index in [1.807, 2.05) is 24.3 Å². The summed E-state index contributed by atoms with van der Waals surface area (Å²) in [4.78, 5) is 7.23. The number of benzene rings is 2. The first-order valence-corrected chi connectivity index (χ1v) is 10.4. The first-order valence-electron chi connectivity index (χ1n) is 10.4. The zero-order chi connectivity index (χ0) is 20.5. The Kier molecular flexibility index (Phi) is 7.76. The zero-order valence-electron chi connectivity index (χ0n) is 17.4. The fraction of sp³-hybridized carbons (Fsp3) is 0.435. The highest BCUT2D eigenvalue weighted by Gasteiger charge is 2.26. The van der Waals surface area contributed by atoms with Gasteiger partial charge in [-0.25, -0.2) is 4.99 Å². The van der Waals surface area contributed by atoms with Crippen LogP contribution in [0.15, 0.2) is 53.5 Å². The maximum Gasteiger partial charge on any atom is 0.191 e. The van der Waals surface area contributed by atoms with Crippen LogP contribution in [0.1, 0.15) is 36.9 Å².